The van der Waals surface area contributed by atoms with Gasteiger partial charge in [-0.1, -0.05) is 13.8 Å². The first-order valence-corrected chi connectivity index (χ1v) is 6.07. The predicted molar refractivity (Wildman–Crippen MR) is 73.6 cm³/mol. The highest BCUT2D eigenvalue weighted by molar-refractivity contribution is 5.85. The predicted octanol–water partition coefficient (Wildman–Crippen LogP) is 2.66. The summed E-state index contributed by atoms with van der Waals surface area (Å²) in [6, 6.07) is 3.77. The van der Waals surface area contributed by atoms with Gasteiger partial charge in [0.2, 0.25) is 0 Å². The molecule has 0 saturated heterocycles. The van der Waals surface area contributed by atoms with Crippen molar-refractivity contribution in [2.75, 3.05) is 18.5 Å². The number of hydrogen-bond donors (Lipinski definition) is 1. The molecule has 1 heterocycles. The molecule has 98 valence electrons. The molecule has 0 bridgehead atoms. The monoisotopic (exact) mass is 248 g/mol. The van der Waals surface area contributed by atoms with E-state index in [1.165, 1.54) is 6.08 Å². The van der Waals surface area contributed by atoms with Gasteiger partial charge in [0.1, 0.15) is 5.82 Å². The van der Waals surface area contributed by atoms with Crippen molar-refractivity contribution in [2.45, 2.75) is 20.3 Å². The van der Waals surface area contributed by atoms with Gasteiger partial charge in [-0.3, -0.25) is 0 Å². The maximum atomic E-state index is 10.4. The molecule has 4 heteroatoms. The molecule has 1 N–H and O–H groups in total. The lowest BCUT2D eigenvalue weighted by molar-refractivity contribution is -0.131. The van der Waals surface area contributed by atoms with Gasteiger partial charge < -0.3 is 10.0 Å². The highest BCUT2D eigenvalue weighted by Gasteiger charge is 2.03. The zero-order valence-corrected chi connectivity index (χ0v) is 11.1. The molecule has 0 unspecified atom stereocenters. The molecule has 0 amide bonds. The third kappa shape index (κ3) is 4.99. The van der Waals surface area contributed by atoms with Gasteiger partial charge in [-0.2, -0.15) is 0 Å². The van der Waals surface area contributed by atoms with Gasteiger partial charge in [0.25, 0.3) is 0 Å². The van der Waals surface area contributed by atoms with E-state index in [2.05, 4.69) is 23.7 Å². The van der Waals surface area contributed by atoms with Crippen molar-refractivity contribution >= 4 is 17.9 Å². The Morgan fingerprint density at radius 2 is 2.22 bits per heavy atom. The normalized spacial score (nSPS) is 11.1. The number of anilines is 1. The zero-order valence-electron chi connectivity index (χ0n) is 11.1. The van der Waals surface area contributed by atoms with Gasteiger partial charge in [-0.25, -0.2) is 9.78 Å². The minimum Gasteiger partial charge on any atom is -0.478 e. The minimum absolute atomic E-state index is 0.672. The Morgan fingerprint density at radius 3 is 2.72 bits per heavy atom. The van der Waals surface area contributed by atoms with Gasteiger partial charge in [0, 0.05) is 25.9 Å². The maximum absolute atomic E-state index is 10.4. The average molecular weight is 248 g/mol. The summed E-state index contributed by atoms with van der Waals surface area (Å²) in [6.45, 7) is 5.36. The van der Waals surface area contributed by atoms with Crippen LogP contribution in [-0.2, 0) is 4.79 Å². The second kappa shape index (κ2) is 6.79. The zero-order chi connectivity index (χ0) is 13.5. The lowest BCUT2D eigenvalue weighted by Gasteiger charge is -2.19. The van der Waals surface area contributed by atoms with E-state index < -0.39 is 5.97 Å². The SMILES string of the molecule is CC(C)CCN(C)c1ccc(/C=C/C(=O)O)cn1. The lowest BCUT2D eigenvalue weighted by Crippen LogP contribution is -2.20. The molecule has 0 atom stereocenters. The van der Waals surface area contributed by atoms with Crippen molar-refractivity contribution in [3.8, 4) is 0 Å². The van der Waals surface area contributed by atoms with Crippen molar-refractivity contribution < 1.29 is 9.90 Å². The van der Waals surface area contributed by atoms with Crippen LogP contribution in [0.3, 0.4) is 0 Å². The van der Waals surface area contributed by atoms with Crippen LogP contribution in [-0.4, -0.2) is 29.7 Å². The molecule has 4 nitrogen and oxygen atoms in total. The van der Waals surface area contributed by atoms with Crippen molar-refractivity contribution in [3.05, 3.63) is 30.0 Å². The first kappa shape index (κ1) is 14.2. The summed E-state index contributed by atoms with van der Waals surface area (Å²) in [5.41, 5.74) is 0.790. The van der Waals surface area contributed by atoms with Gasteiger partial charge in [-0.05, 0) is 36.1 Å². The molecule has 0 aliphatic carbocycles. The van der Waals surface area contributed by atoms with E-state index >= 15 is 0 Å². The summed E-state index contributed by atoms with van der Waals surface area (Å²) in [6.07, 6.45) is 5.45. The first-order chi connectivity index (χ1) is 8.49. The third-order valence-electron chi connectivity index (χ3n) is 2.62. The second-order valence-corrected chi connectivity index (χ2v) is 4.73. The van der Waals surface area contributed by atoms with E-state index in [0.717, 1.165) is 30.4 Å². The number of pyridine rings is 1. The molecule has 0 radical (unpaired) electrons. The number of aromatic nitrogens is 1. The largest absolute Gasteiger partial charge is 0.478 e. The number of aliphatic carboxylic acids is 1. The molecule has 0 aromatic carbocycles. The summed E-state index contributed by atoms with van der Waals surface area (Å²) in [5, 5.41) is 8.52. The summed E-state index contributed by atoms with van der Waals surface area (Å²) in [7, 11) is 2.01. The number of rotatable bonds is 6. The molecule has 18 heavy (non-hydrogen) atoms. The molecular weight excluding hydrogens is 228 g/mol. The van der Waals surface area contributed by atoms with E-state index in [-0.39, 0.29) is 0 Å². The van der Waals surface area contributed by atoms with Crippen molar-refractivity contribution in [1.82, 2.24) is 4.98 Å². The highest BCUT2D eigenvalue weighted by Crippen LogP contribution is 2.12. The maximum Gasteiger partial charge on any atom is 0.328 e. The molecular formula is C14H20N2O2. The number of hydrogen-bond acceptors (Lipinski definition) is 3. The Kier molecular flexibility index (Phi) is 5.36. The third-order valence-corrected chi connectivity index (χ3v) is 2.62. The molecule has 0 saturated carbocycles. The average Bonchev–Trinajstić information content (AvgIpc) is 2.34. The Morgan fingerprint density at radius 1 is 1.50 bits per heavy atom. The summed E-state index contributed by atoms with van der Waals surface area (Å²) < 4.78 is 0. The number of carboxylic acids is 1. The fourth-order valence-corrected chi connectivity index (χ4v) is 1.46. The van der Waals surface area contributed by atoms with E-state index in [9.17, 15) is 4.79 Å². The van der Waals surface area contributed by atoms with Crippen LogP contribution in [0, 0.1) is 5.92 Å². The van der Waals surface area contributed by atoms with Crippen molar-refractivity contribution in [3.63, 3.8) is 0 Å². The molecule has 0 spiro atoms. The highest BCUT2D eigenvalue weighted by atomic mass is 16.4. The number of carboxylic acid groups (broad SMARTS) is 1. The minimum atomic E-state index is -0.951. The van der Waals surface area contributed by atoms with E-state index in [1.54, 1.807) is 6.20 Å². The van der Waals surface area contributed by atoms with Crippen molar-refractivity contribution in [2.24, 2.45) is 5.92 Å². The van der Waals surface area contributed by atoms with Crippen LogP contribution >= 0.6 is 0 Å². The fourth-order valence-electron chi connectivity index (χ4n) is 1.46. The Labute approximate surface area is 108 Å². The van der Waals surface area contributed by atoms with Crippen LogP contribution in [0.15, 0.2) is 24.4 Å². The van der Waals surface area contributed by atoms with Crippen LogP contribution in [0.25, 0.3) is 6.08 Å². The molecule has 1 aromatic heterocycles. The fraction of sp³-hybridized carbons (Fsp3) is 0.429. The molecule has 0 aliphatic heterocycles. The summed E-state index contributed by atoms with van der Waals surface area (Å²) >= 11 is 0. The number of carbonyl (C=O) groups is 1. The van der Waals surface area contributed by atoms with Crippen LogP contribution < -0.4 is 4.90 Å². The quantitative estimate of drug-likeness (QED) is 0.786. The summed E-state index contributed by atoms with van der Waals surface area (Å²) in [4.78, 5) is 16.8. The molecule has 1 aromatic rings. The Bertz CT molecular complexity index is 410. The first-order valence-electron chi connectivity index (χ1n) is 6.07. The summed E-state index contributed by atoms with van der Waals surface area (Å²) in [5.74, 6) is 0.626. The topological polar surface area (TPSA) is 53.4 Å². The molecule has 0 fully saturated rings. The standard InChI is InChI=1S/C14H20N2O2/c1-11(2)8-9-16(3)13-6-4-12(10-15-13)5-7-14(17)18/h4-7,10-11H,8-9H2,1-3H3,(H,17,18)/b7-5+. The lowest BCUT2D eigenvalue weighted by atomic mass is 10.1. The number of nitrogens with zero attached hydrogens (tertiary/aromatic N) is 2. The van der Waals surface area contributed by atoms with Gasteiger partial charge in [0.05, 0.1) is 0 Å². The Balaban J connectivity index is 2.61. The van der Waals surface area contributed by atoms with Crippen LogP contribution in [0.2, 0.25) is 0 Å². The van der Waals surface area contributed by atoms with E-state index in [4.69, 9.17) is 5.11 Å². The van der Waals surface area contributed by atoms with Gasteiger partial charge >= 0.3 is 5.97 Å². The van der Waals surface area contributed by atoms with Crippen LogP contribution in [0.4, 0.5) is 5.82 Å². The van der Waals surface area contributed by atoms with Gasteiger partial charge in [0.15, 0.2) is 0 Å². The van der Waals surface area contributed by atoms with E-state index in [0.29, 0.717) is 5.92 Å². The van der Waals surface area contributed by atoms with Crippen molar-refractivity contribution in [1.29, 1.82) is 0 Å². The molecule has 0 aliphatic rings. The van der Waals surface area contributed by atoms with E-state index in [1.807, 2.05) is 19.2 Å². The molecule has 1 rings (SSSR count). The Hall–Kier alpha value is -1.84. The van der Waals surface area contributed by atoms with Crippen LogP contribution in [0.5, 0.6) is 0 Å². The van der Waals surface area contributed by atoms with Gasteiger partial charge in [-0.15, -0.1) is 0 Å². The second-order valence-electron chi connectivity index (χ2n) is 4.73. The smallest absolute Gasteiger partial charge is 0.328 e. The van der Waals surface area contributed by atoms with Crippen LogP contribution in [0.1, 0.15) is 25.8 Å².